The molecule has 1 amide bonds. The summed E-state index contributed by atoms with van der Waals surface area (Å²) in [6.45, 7) is 4.18. The van der Waals surface area contributed by atoms with Crippen LogP contribution in [0.15, 0.2) is 42.6 Å². The number of aromatic nitrogens is 2. The molecule has 0 fully saturated rings. The van der Waals surface area contributed by atoms with Crippen molar-refractivity contribution in [3.05, 3.63) is 53.7 Å². The lowest BCUT2D eigenvalue weighted by molar-refractivity contribution is -0.119. The van der Waals surface area contributed by atoms with Crippen molar-refractivity contribution in [3.8, 4) is 11.4 Å². The fourth-order valence-corrected chi connectivity index (χ4v) is 2.72. The van der Waals surface area contributed by atoms with Gasteiger partial charge in [-0.15, -0.1) is 0 Å². The number of aryl methyl sites for hydroxylation is 2. The molecular weight excluding hydrogens is 314 g/mol. The molecule has 0 saturated heterocycles. The van der Waals surface area contributed by atoms with E-state index in [1.165, 1.54) is 12.7 Å². The van der Waals surface area contributed by atoms with Gasteiger partial charge in [0.2, 0.25) is 5.91 Å². The molecule has 3 rings (SSSR count). The van der Waals surface area contributed by atoms with E-state index in [4.69, 9.17) is 9.72 Å². The van der Waals surface area contributed by atoms with Gasteiger partial charge in [-0.2, -0.15) is 0 Å². The summed E-state index contributed by atoms with van der Waals surface area (Å²) in [6.07, 6.45) is 2.86. The average Bonchev–Trinajstić information content (AvgIpc) is 2.62. The fourth-order valence-electron chi connectivity index (χ4n) is 2.72. The SMILES string of the molecule is CCc1ccc(-c2cc(C)c3cc(NC(=O)COC)ccc3n2)nc1. The first-order valence-electron chi connectivity index (χ1n) is 8.26. The molecule has 0 saturated carbocycles. The second-order valence-electron chi connectivity index (χ2n) is 5.94. The standard InChI is InChI=1S/C20H21N3O2/c1-4-14-5-7-18(21-11-14)19-9-13(2)16-10-15(6-8-17(16)23-19)22-20(24)12-25-3/h5-11H,4,12H2,1-3H3,(H,22,24). The number of ether oxygens (including phenoxy) is 1. The zero-order valence-electron chi connectivity index (χ0n) is 14.7. The number of anilines is 1. The molecular formula is C20H21N3O2. The minimum atomic E-state index is -0.177. The Labute approximate surface area is 147 Å². The van der Waals surface area contributed by atoms with Crippen molar-refractivity contribution >= 4 is 22.5 Å². The van der Waals surface area contributed by atoms with Gasteiger partial charge in [-0.25, -0.2) is 4.98 Å². The van der Waals surface area contributed by atoms with E-state index < -0.39 is 0 Å². The van der Waals surface area contributed by atoms with Gasteiger partial charge in [0.25, 0.3) is 0 Å². The summed E-state index contributed by atoms with van der Waals surface area (Å²) in [4.78, 5) is 20.9. The summed E-state index contributed by atoms with van der Waals surface area (Å²) >= 11 is 0. The second-order valence-corrected chi connectivity index (χ2v) is 5.94. The first kappa shape index (κ1) is 17.0. The summed E-state index contributed by atoms with van der Waals surface area (Å²) in [5.41, 5.74) is 5.61. The van der Waals surface area contributed by atoms with Crippen LogP contribution < -0.4 is 5.32 Å². The summed E-state index contributed by atoms with van der Waals surface area (Å²) in [6, 6.07) is 11.8. The summed E-state index contributed by atoms with van der Waals surface area (Å²) in [5, 5.41) is 3.82. The normalized spacial score (nSPS) is 10.8. The number of hydrogen-bond donors (Lipinski definition) is 1. The number of methoxy groups -OCH3 is 1. The Hall–Kier alpha value is -2.79. The first-order chi connectivity index (χ1) is 12.1. The lowest BCUT2D eigenvalue weighted by Gasteiger charge is -2.10. The summed E-state index contributed by atoms with van der Waals surface area (Å²) in [7, 11) is 1.50. The number of benzene rings is 1. The molecule has 25 heavy (non-hydrogen) atoms. The van der Waals surface area contributed by atoms with Crippen LogP contribution in [0.1, 0.15) is 18.1 Å². The number of rotatable bonds is 5. The highest BCUT2D eigenvalue weighted by Gasteiger charge is 2.08. The highest BCUT2D eigenvalue weighted by molar-refractivity contribution is 5.95. The van der Waals surface area contributed by atoms with E-state index in [1.54, 1.807) is 0 Å². The lowest BCUT2D eigenvalue weighted by atomic mass is 10.1. The Bertz CT molecular complexity index is 905. The van der Waals surface area contributed by atoms with Crippen LogP contribution in [0.5, 0.6) is 0 Å². The molecule has 128 valence electrons. The Balaban J connectivity index is 1.95. The molecule has 0 aliphatic heterocycles. The van der Waals surface area contributed by atoms with Crippen LogP contribution in [0.3, 0.4) is 0 Å². The van der Waals surface area contributed by atoms with Crippen LogP contribution in [0.25, 0.3) is 22.3 Å². The predicted molar refractivity (Wildman–Crippen MR) is 99.6 cm³/mol. The largest absolute Gasteiger partial charge is 0.375 e. The second kappa shape index (κ2) is 7.40. The van der Waals surface area contributed by atoms with Gasteiger partial charge in [0, 0.05) is 24.4 Å². The first-order valence-corrected chi connectivity index (χ1v) is 8.26. The third-order valence-corrected chi connectivity index (χ3v) is 4.07. The zero-order valence-corrected chi connectivity index (χ0v) is 14.7. The number of amides is 1. The molecule has 1 aromatic carbocycles. The number of pyridine rings is 2. The zero-order chi connectivity index (χ0) is 17.8. The van der Waals surface area contributed by atoms with Crippen molar-refractivity contribution < 1.29 is 9.53 Å². The highest BCUT2D eigenvalue weighted by Crippen LogP contribution is 2.26. The van der Waals surface area contributed by atoms with E-state index in [9.17, 15) is 4.79 Å². The maximum atomic E-state index is 11.7. The van der Waals surface area contributed by atoms with Crippen LogP contribution in [0.2, 0.25) is 0 Å². The van der Waals surface area contributed by atoms with Crippen LogP contribution >= 0.6 is 0 Å². The Morgan fingerprint density at radius 1 is 1.16 bits per heavy atom. The van der Waals surface area contributed by atoms with Gasteiger partial charge in [-0.05, 0) is 54.8 Å². The Kier molecular flexibility index (Phi) is 5.05. The van der Waals surface area contributed by atoms with Crippen molar-refractivity contribution in [2.45, 2.75) is 20.3 Å². The number of nitrogens with one attached hydrogen (secondary N) is 1. The van der Waals surface area contributed by atoms with Gasteiger partial charge in [-0.3, -0.25) is 9.78 Å². The maximum absolute atomic E-state index is 11.7. The molecule has 0 unspecified atom stereocenters. The number of fused-ring (bicyclic) bond motifs is 1. The molecule has 0 radical (unpaired) electrons. The number of carbonyl (C=O) groups is 1. The minimum absolute atomic E-state index is 0.0353. The smallest absolute Gasteiger partial charge is 0.250 e. The van der Waals surface area contributed by atoms with Crippen molar-refractivity contribution in [1.82, 2.24) is 9.97 Å². The van der Waals surface area contributed by atoms with Gasteiger partial charge in [0.1, 0.15) is 6.61 Å². The average molecular weight is 335 g/mol. The number of carbonyl (C=O) groups excluding carboxylic acids is 1. The van der Waals surface area contributed by atoms with E-state index in [0.29, 0.717) is 0 Å². The van der Waals surface area contributed by atoms with Crippen molar-refractivity contribution in [3.63, 3.8) is 0 Å². The van der Waals surface area contributed by atoms with Crippen LogP contribution in [-0.2, 0) is 16.0 Å². The summed E-state index contributed by atoms with van der Waals surface area (Å²) in [5.74, 6) is -0.177. The maximum Gasteiger partial charge on any atom is 0.250 e. The third-order valence-electron chi connectivity index (χ3n) is 4.07. The van der Waals surface area contributed by atoms with Gasteiger partial charge in [0.05, 0.1) is 16.9 Å². The van der Waals surface area contributed by atoms with Crippen molar-refractivity contribution in [2.75, 3.05) is 19.0 Å². The molecule has 0 bridgehead atoms. The van der Waals surface area contributed by atoms with E-state index in [1.807, 2.05) is 43.5 Å². The molecule has 3 aromatic rings. The molecule has 1 N–H and O–H groups in total. The van der Waals surface area contributed by atoms with Gasteiger partial charge in [0.15, 0.2) is 0 Å². The van der Waals surface area contributed by atoms with Crippen LogP contribution in [0, 0.1) is 6.92 Å². The van der Waals surface area contributed by atoms with E-state index in [-0.39, 0.29) is 12.5 Å². The molecule has 0 aliphatic rings. The Morgan fingerprint density at radius 3 is 2.68 bits per heavy atom. The molecule has 0 spiro atoms. The Morgan fingerprint density at radius 2 is 2.00 bits per heavy atom. The molecule has 0 atom stereocenters. The predicted octanol–water partition coefficient (Wildman–Crippen LogP) is 3.75. The lowest BCUT2D eigenvalue weighted by Crippen LogP contribution is -2.17. The van der Waals surface area contributed by atoms with Crippen LogP contribution in [0.4, 0.5) is 5.69 Å². The van der Waals surface area contributed by atoms with Gasteiger partial charge >= 0.3 is 0 Å². The molecule has 2 aromatic heterocycles. The van der Waals surface area contributed by atoms with Crippen molar-refractivity contribution in [1.29, 1.82) is 0 Å². The van der Waals surface area contributed by atoms with Gasteiger partial charge in [-0.1, -0.05) is 13.0 Å². The fraction of sp³-hybridized carbons (Fsp3) is 0.250. The summed E-state index contributed by atoms with van der Waals surface area (Å²) < 4.78 is 4.84. The molecule has 5 nitrogen and oxygen atoms in total. The number of hydrogen-bond acceptors (Lipinski definition) is 4. The number of nitrogens with zero attached hydrogens (tertiary/aromatic N) is 2. The highest BCUT2D eigenvalue weighted by atomic mass is 16.5. The molecule has 5 heteroatoms. The molecule has 0 aliphatic carbocycles. The topological polar surface area (TPSA) is 64.1 Å². The van der Waals surface area contributed by atoms with Crippen LogP contribution in [-0.4, -0.2) is 29.6 Å². The van der Waals surface area contributed by atoms with E-state index >= 15 is 0 Å². The van der Waals surface area contributed by atoms with E-state index in [2.05, 4.69) is 23.3 Å². The van der Waals surface area contributed by atoms with Crippen molar-refractivity contribution in [2.24, 2.45) is 0 Å². The third kappa shape index (κ3) is 3.83. The quantitative estimate of drug-likeness (QED) is 0.771. The van der Waals surface area contributed by atoms with Gasteiger partial charge < -0.3 is 10.1 Å². The minimum Gasteiger partial charge on any atom is -0.375 e. The van der Waals surface area contributed by atoms with E-state index in [0.717, 1.165) is 40.0 Å². The molecule has 2 heterocycles. The monoisotopic (exact) mass is 335 g/mol.